The van der Waals surface area contributed by atoms with Crippen LogP contribution in [0.1, 0.15) is 10.4 Å². The largest absolute Gasteiger partial charge is 0.479 e. The lowest BCUT2D eigenvalue weighted by Gasteiger charge is -2.08. The molecule has 0 atom stereocenters. The van der Waals surface area contributed by atoms with Crippen LogP contribution in [-0.2, 0) is 0 Å². The van der Waals surface area contributed by atoms with Crippen molar-refractivity contribution in [2.24, 2.45) is 0 Å². The van der Waals surface area contributed by atoms with Crippen molar-refractivity contribution in [2.45, 2.75) is 0 Å². The number of ether oxygens (including phenoxy) is 1. The number of nitrogens with one attached hydrogen (secondary N) is 1. The van der Waals surface area contributed by atoms with E-state index in [0.29, 0.717) is 22.0 Å². The topological polar surface area (TPSA) is 62.1 Å². The third-order valence-corrected chi connectivity index (χ3v) is 3.43. The fraction of sp³-hybridized carbons (Fsp3) is 0.0667. The first-order valence-corrected chi connectivity index (χ1v) is 6.72. The number of carbonyl (C=O) groups is 1. The number of nitriles is 1. The van der Waals surface area contributed by atoms with Crippen LogP contribution in [0, 0.1) is 11.3 Å². The molecule has 2 aromatic rings. The van der Waals surface area contributed by atoms with Gasteiger partial charge in [0.05, 0.1) is 15.6 Å². The summed E-state index contributed by atoms with van der Waals surface area (Å²) in [7, 11) is 0. The second-order valence-corrected chi connectivity index (χ2v) is 4.81. The Morgan fingerprint density at radius 3 is 2.57 bits per heavy atom. The minimum atomic E-state index is -0.354. The van der Waals surface area contributed by atoms with Crippen LogP contribution in [0.4, 0.5) is 5.69 Å². The quantitative estimate of drug-likeness (QED) is 0.920. The van der Waals surface area contributed by atoms with Gasteiger partial charge in [0, 0.05) is 5.69 Å². The Morgan fingerprint density at radius 1 is 1.19 bits per heavy atom. The number of amides is 1. The number of hydrogen-bond donors (Lipinski definition) is 1. The number of rotatable bonds is 4. The normalized spacial score (nSPS) is 9.76. The Hall–Kier alpha value is -2.22. The van der Waals surface area contributed by atoms with Gasteiger partial charge in [0.1, 0.15) is 11.8 Å². The molecular weight excluding hydrogens is 311 g/mol. The van der Waals surface area contributed by atoms with Crippen LogP contribution >= 0.6 is 23.2 Å². The molecule has 21 heavy (non-hydrogen) atoms. The average Bonchev–Trinajstić information content (AvgIpc) is 2.49. The number of anilines is 1. The Morgan fingerprint density at radius 2 is 1.90 bits per heavy atom. The molecule has 0 saturated heterocycles. The molecule has 1 N–H and O–H groups in total. The van der Waals surface area contributed by atoms with Crippen molar-refractivity contribution < 1.29 is 9.53 Å². The molecule has 0 radical (unpaired) electrons. The smallest absolute Gasteiger partial charge is 0.257 e. The summed E-state index contributed by atoms with van der Waals surface area (Å²) in [6.07, 6.45) is 0. The number of nitrogens with zero attached hydrogens (tertiary/aromatic N) is 1. The molecule has 4 nitrogen and oxygen atoms in total. The van der Waals surface area contributed by atoms with Crippen molar-refractivity contribution in [1.29, 1.82) is 5.26 Å². The van der Waals surface area contributed by atoms with E-state index < -0.39 is 0 Å². The molecule has 0 spiro atoms. The summed E-state index contributed by atoms with van der Waals surface area (Å²) < 4.78 is 5.12. The second-order valence-electron chi connectivity index (χ2n) is 4.03. The molecule has 0 unspecified atom stereocenters. The molecule has 1 amide bonds. The van der Waals surface area contributed by atoms with Gasteiger partial charge in [-0.05, 0) is 36.4 Å². The predicted octanol–water partition coefficient (Wildman–Crippen LogP) is 4.15. The van der Waals surface area contributed by atoms with Gasteiger partial charge in [-0.15, -0.1) is 0 Å². The highest BCUT2D eigenvalue weighted by Gasteiger charge is 2.12. The number of hydrogen-bond acceptors (Lipinski definition) is 3. The Balaban J connectivity index is 2.09. The third-order valence-electron chi connectivity index (χ3n) is 2.61. The van der Waals surface area contributed by atoms with Crippen molar-refractivity contribution >= 4 is 34.8 Å². The van der Waals surface area contributed by atoms with Crippen molar-refractivity contribution in [1.82, 2.24) is 0 Å². The molecule has 0 bridgehead atoms. The van der Waals surface area contributed by atoms with Gasteiger partial charge in [-0.1, -0.05) is 29.3 Å². The fourth-order valence-electron chi connectivity index (χ4n) is 1.63. The molecular formula is C15H10Cl2N2O2. The zero-order valence-corrected chi connectivity index (χ0v) is 12.3. The Labute approximate surface area is 131 Å². The molecule has 6 heteroatoms. The van der Waals surface area contributed by atoms with Crippen molar-refractivity contribution in [3.05, 3.63) is 58.1 Å². The average molecular weight is 321 g/mol. The van der Waals surface area contributed by atoms with Gasteiger partial charge < -0.3 is 10.1 Å². The lowest BCUT2D eigenvalue weighted by Crippen LogP contribution is -2.12. The summed E-state index contributed by atoms with van der Waals surface area (Å²) in [5, 5.41) is 11.7. The Bertz CT molecular complexity index is 694. The lowest BCUT2D eigenvalue weighted by atomic mass is 10.2. The zero-order valence-electron chi connectivity index (χ0n) is 10.8. The van der Waals surface area contributed by atoms with E-state index in [4.69, 9.17) is 33.2 Å². The summed E-state index contributed by atoms with van der Waals surface area (Å²) in [6.45, 7) is -0.0240. The van der Waals surface area contributed by atoms with Gasteiger partial charge in [-0.25, -0.2) is 0 Å². The minimum absolute atomic E-state index is 0.0240. The van der Waals surface area contributed by atoms with Crippen LogP contribution in [0.5, 0.6) is 5.75 Å². The maximum atomic E-state index is 12.1. The molecule has 2 aromatic carbocycles. The van der Waals surface area contributed by atoms with E-state index in [1.807, 2.05) is 6.07 Å². The van der Waals surface area contributed by atoms with Gasteiger partial charge in [0.15, 0.2) is 6.61 Å². The molecule has 0 fully saturated rings. The van der Waals surface area contributed by atoms with Crippen molar-refractivity contribution in [3.8, 4) is 11.8 Å². The minimum Gasteiger partial charge on any atom is -0.479 e. The van der Waals surface area contributed by atoms with Gasteiger partial charge in [-0.3, -0.25) is 4.79 Å². The maximum absolute atomic E-state index is 12.1. The summed E-state index contributed by atoms with van der Waals surface area (Å²) in [4.78, 5) is 12.1. The van der Waals surface area contributed by atoms with Gasteiger partial charge >= 0.3 is 0 Å². The third kappa shape index (κ3) is 3.88. The molecule has 2 rings (SSSR count). The monoisotopic (exact) mass is 320 g/mol. The van der Waals surface area contributed by atoms with E-state index >= 15 is 0 Å². The van der Waals surface area contributed by atoms with Crippen molar-refractivity contribution in [3.63, 3.8) is 0 Å². The van der Waals surface area contributed by atoms with E-state index in [1.165, 1.54) is 0 Å². The zero-order chi connectivity index (χ0) is 15.2. The molecule has 0 aliphatic heterocycles. The molecule has 0 heterocycles. The molecule has 0 aromatic heterocycles. The second kappa shape index (κ2) is 6.98. The molecule has 0 aliphatic rings. The van der Waals surface area contributed by atoms with E-state index in [-0.39, 0.29) is 17.5 Å². The number of carbonyl (C=O) groups excluding carboxylic acids is 1. The van der Waals surface area contributed by atoms with E-state index in [1.54, 1.807) is 42.5 Å². The fourth-order valence-corrected chi connectivity index (χ4v) is 2.01. The Kier molecular flexibility index (Phi) is 5.04. The molecule has 0 saturated carbocycles. The van der Waals surface area contributed by atoms with Crippen LogP contribution in [-0.4, -0.2) is 12.5 Å². The van der Waals surface area contributed by atoms with Crippen LogP contribution in [0.2, 0.25) is 10.0 Å². The SMILES string of the molecule is N#CCOc1ccc(NC(=O)c2cccc(Cl)c2Cl)cc1. The van der Waals surface area contributed by atoms with E-state index in [2.05, 4.69) is 5.32 Å². The van der Waals surface area contributed by atoms with Gasteiger partial charge in [0.2, 0.25) is 0 Å². The van der Waals surface area contributed by atoms with Crippen molar-refractivity contribution in [2.75, 3.05) is 11.9 Å². The van der Waals surface area contributed by atoms with Gasteiger partial charge in [0.25, 0.3) is 5.91 Å². The summed E-state index contributed by atoms with van der Waals surface area (Å²) in [6, 6.07) is 13.4. The van der Waals surface area contributed by atoms with Crippen LogP contribution in [0.3, 0.4) is 0 Å². The highest BCUT2D eigenvalue weighted by molar-refractivity contribution is 6.44. The summed E-state index contributed by atoms with van der Waals surface area (Å²) in [5.74, 6) is 0.198. The van der Waals surface area contributed by atoms with Crippen LogP contribution in [0.15, 0.2) is 42.5 Å². The van der Waals surface area contributed by atoms with Gasteiger partial charge in [-0.2, -0.15) is 5.26 Å². The highest BCUT2D eigenvalue weighted by Crippen LogP contribution is 2.26. The molecule has 106 valence electrons. The summed E-state index contributed by atoms with van der Waals surface area (Å²) >= 11 is 11.9. The standard InChI is InChI=1S/C15H10Cl2N2O2/c16-13-3-1-2-12(14(13)17)15(20)19-10-4-6-11(7-5-10)21-9-8-18/h1-7H,9H2,(H,19,20). The lowest BCUT2D eigenvalue weighted by molar-refractivity contribution is 0.102. The molecule has 0 aliphatic carbocycles. The number of halogens is 2. The predicted molar refractivity (Wildman–Crippen MR) is 82.0 cm³/mol. The summed E-state index contributed by atoms with van der Waals surface area (Å²) in [5.41, 5.74) is 0.884. The first-order chi connectivity index (χ1) is 10.1. The van der Waals surface area contributed by atoms with E-state index in [9.17, 15) is 4.79 Å². The van der Waals surface area contributed by atoms with Crippen LogP contribution in [0.25, 0.3) is 0 Å². The first-order valence-electron chi connectivity index (χ1n) is 5.97. The van der Waals surface area contributed by atoms with E-state index in [0.717, 1.165) is 0 Å². The number of benzene rings is 2. The highest BCUT2D eigenvalue weighted by atomic mass is 35.5. The maximum Gasteiger partial charge on any atom is 0.257 e. The van der Waals surface area contributed by atoms with Crippen LogP contribution < -0.4 is 10.1 Å². The first kappa shape index (κ1) is 15.2.